The van der Waals surface area contributed by atoms with Gasteiger partial charge in [0.15, 0.2) is 6.61 Å². The van der Waals surface area contributed by atoms with Gasteiger partial charge in [0.2, 0.25) is 11.8 Å². The van der Waals surface area contributed by atoms with Crippen LogP contribution in [0.2, 0.25) is 0 Å². The minimum Gasteiger partial charge on any atom is -0.468 e. The Morgan fingerprint density at radius 2 is 1.91 bits per heavy atom. The van der Waals surface area contributed by atoms with Gasteiger partial charge in [-0.05, 0) is 36.2 Å². The lowest BCUT2D eigenvalue weighted by Gasteiger charge is -2.22. The molecule has 170 valence electrons. The average molecular weight is 454 g/mol. The maximum absolute atomic E-state index is 13.2. The van der Waals surface area contributed by atoms with Crippen LogP contribution in [0.3, 0.4) is 0 Å². The van der Waals surface area contributed by atoms with E-state index in [1.165, 1.54) is 37.4 Å². The van der Waals surface area contributed by atoms with Crippen molar-refractivity contribution >= 4 is 17.8 Å². The molecule has 3 rings (SSSR count). The summed E-state index contributed by atoms with van der Waals surface area (Å²) in [7, 11) is 0. The molecule has 0 saturated carbocycles. The number of ether oxygens (including phenoxy) is 1. The molecule has 12 heteroatoms. The third kappa shape index (κ3) is 5.31. The molecule has 1 saturated heterocycles. The number of rotatable bonds is 7. The van der Waals surface area contributed by atoms with Gasteiger partial charge in [-0.1, -0.05) is 12.1 Å². The molecule has 1 aliphatic rings. The van der Waals surface area contributed by atoms with E-state index in [4.69, 9.17) is 0 Å². The molecule has 1 fully saturated rings. The molecule has 32 heavy (non-hydrogen) atoms. The van der Waals surface area contributed by atoms with E-state index in [0.717, 1.165) is 17.0 Å². The van der Waals surface area contributed by atoms with Gasteiger partial charge < -0.3 is 15.4 Å². The molecular formula is C20H18F4N4O4. The molecular weight excluding hydrogens is 436 g/mol. The molecule has 0 bridgehead atoms. The smallest absolute Gasteiger partial charge is 0.422 e. The highest BCUT2D eigenvalue weighted by Gasteiger charge is 2.49. The fraction of sp³-hybridized carbons (Fsp3) is 0.300. The first-order valence-electron chi connectivity index (χ1n) is 9.29. The van der Waals surface area contributed by atoms with E-state index in [1.807, 2.05) is 0 Å². The van der Waals surface area contributed by atoms with Gasteiger partial charge in [-0.15, -0.1) is 0 Å². The summed E-state index contributed by atoms with van der Waals surface area (Å²) in [6.45, 7) is -0.737. The van der Waals surface area contributed by atoms with Crippen molar-refractivity contribution < 1.29 is 36.7 Å². The lowest BCUT2D eigenvalue weighted by molar-refractivity contribution is -0.154. The topological polar surface area (TPSA) is 101 Å². The monoisotopic (exact) mass is 454 g/mol. The molecule has 2 N–H and O–H groups in total. The van der Waals surface area contributed by atoms with Crippen molar-refractivity contribution in [2.24, 2.45) is 0 Å². The number of amides is 4. The third-order valence-electron chi connectivity index (χ3n) is 4.67. The summed E-state index contributed by atoms with van der Waals surface area (Å²) >= 11 is 0. The Kier molecular flexibility index (Phi) is 6.32. The Morgan fingerprint density at radius 3 is 2.56 bits per heavy atom. The van der Waals surface area contributed by atoms with E-state index in [9.17, 15) is 31.9 Å². The maximum Gasteiger partial charge on any atom is 0.422 e. The summed E-state index contributed by atoms with van der Waals surface area (Å²) in [6.07, 6.45) is -3.30. The van der Waals surface area contributed by atoms with E-state index in [-0.39, 0.29) is 12.4 Å². The number of nitrogens with one attached hydrogen (secondary N) is 2. The quantitative estimate of drug-likeness (QED) is 0.494. The molecule has 2 aromatic rings. The van der Waals surface area contributed by atoms with Crippen LogP contribution in [0.1, 0.15) is 18.1 Å². The number of hydrogen-bond donors (Lipinski definition) is 2. The molecule has 0 radical (unpaired) electrons. The Morgan fingerprint density at radius 1 is 1.22 bits per heavy atom. The van der Waals surface area contributed by atoms with Crippen LogP contribution in [0.5, 0.6) is 5.88 Å². The number of hydrogen-bond acceptors (Lipinski definition) is 5. The van der Waals surface area contributed by atoms with Gasteiger partial charge in [-0.3, -0.25) is 14.5 Å². The number of nitrogens with zero attached hydrogens (tertiary/aromatic N) is 2. The van der Waals surface area contributed by atoms with Gasteiger partial charge in [0, 0.05) is 18.8 Å². The number of alkyl halides is 3. The predicted octanol–water partition coefficient (Wildman–Crippen LogP) is 2.25. The first-order chi connectivity index (χ1) is 15.0. The summed E-state index contributed by atoms with van der Waals surface area (Å²) < 4.78 is 54.4. The zero-order valence-corrected chi connectivity index (χ0v) is 16.7. The second-order valence-corrected chi connectivity index (χ2v) is 7.14. The van der Waals surface area contributed by atoms with Crippen molar-refractivity contribution in [3.8, 4) is 5.88 Å². The van der Waals surface area contributed by atoms with Crippen molar-refractivity contribution in [2.45, 2.75) is 25.2 Å². The number of carbonyl (C=O) groups is 3. The fourth-order valence-electron chi connectivity index (χ4n) is 3.01. The first-order valence-corrected chi connectivity index (χ1v) is 9.29. The highest BCUT2D eigenvalue weighted by molar-refractivity contribution is 6.09. The van der Waals surface area contributed by atoms with E-state index < -0.39 is 48.5 Å². The SMILES string of the molecule is CC1(c2ccc(F)cc2)NC(=O)N(CC(=O)NCc2ccnc(OCC(F)(F)F)c2)C1=O. The Balaban J connectivity index is 1.59. The second-order valence-electron chi connectivity index (χ2n) is 7.14. The lowest BCUT2D eigenvalue weighted by Crippen LogP contribution is -2.43. The van der Waals surface area contributed by atoms with Crippen molar-refractivity contribution in [2.75, 3.05) is 13.2 Å². The Bertz CT molecular complexity index is 1030. The van der Waals surface area contributed by atoms with Gasteiger partial charge in [-0.2, -0.15) is 13.2 Å². The lowest BCUT2D eigenvalue weighted by atomic mass is 9.92. The number of aromatic nitrogens is 1. The molecule has 8 nitrogen and oxygen atoms in total. The van der Waals surface area contributed by atoms with Crippen LogP contribution < -0.4 is 15.4 Å². The molecule has 1 atom stereocenters. The third-order valence-corrected chi connectivity index (χ3v) is 4.67. The zero-order valence-electron chi connectivity index (χ0n) is 16.7. The highest BCUT2D eigenvalue weighted by atomic mass is 19.4. The standard InChI is InChI=1S/C20H18F4N4O4/c1-19(13-2-4-14(21)5-3-13)17(30)28(18(31)27-19)10-15(29)26-9-12-6-7-25-16(8-12)32-11-20(22,23)24/h2-8H,9-11H2,1H3,(H,26,29)(H,27,31). The van der Waals surface area contributed by atoms with Gasteiger partial charge >= 0.3 is 12.2 Å². The minimum absolute atomic E-state index is 0.0946. The Labute approximate surface area is 179 Å². The largest absolute Gasteiger partial charge is 0.468 e. The van der Waals surface area contributed by atoms with Gasteiger partial charge in [0.05, 0.1) is 0 Å². The van der Waals surface area contributed by atoms with Crippen molar-refractivity contribution in [3.05, 3.63) is 59.5 Å². The van der Waals surface area contributed by atoms with Crippen LogP contribution in [0.4, 0.5) is 22.4 Å². The summed E-state index contributed by atoms with van der Waals surface area (Å²) in [5, 5.41) is 4.97. The Hall–Kier alpha value is -3.70. The molecule has 0 aliphatic carbocycles. The normalized spacial score (nSPS) is 18.5. The molecule has 1 aromatic carbocycles. The summed E-state index contributed by atoms with van der Waals surface area (Å²) in [5.74, 6) is -2.13. The number of carbonyl (C=O) groups excluding carboxylic acids is 3. The first kappa shape index (κ1) is 23.0. The predicted molar refractivity (Wildman–Crippen MR) is 102 cm³/mol. The van der Waals surface area contributed by atoms with Crippen molar-refractivity contribution in [3.63, 3.8) is 0 Å². The average Bonchev–Trinajstić information content (AvgIpc) is 2.95. The number of benzene rings is 1. The van der Waals surface area contributed by atoms with E-state index >= 15 is 0 Å². The number of halogens is 4. The number of imide groups is 1. The van der Waals surface area contributed by atoms with Crippen LogP contribution in [-0.2, 0) is 21.7 Å². The van der Waals surface area contributed by atoms with E-state index in [1.54, 1.807) is 0 Å². The maximum atomic E-state index is 13.2. The molecule has 1 aromatic heterocycles. The van der Waals surface area contributed by atoms with Gasteiger partial charge in [0.25, 0.3) is 5.91 Å². The molecule has 1 aliphatic heterocycles. The minimum atomic E-state index is -4.52. The summed E-state index contributed by atoms with van der Waals surface area (Å²) in [5.41, 5.74) is -0.705. The molecule has 1 unspecified atom stereocenters. The number of pyridine rings is 1. The van der Waals surface area contributed by atoms with E-state index in [0.29, 0.717) is 11.1 Å². The second kappa shape index (κ2) is 8.81. The molecule has 4 amide bonds. The molecule has 0 spiro atoms. The highest BCUT2D eigenvalue weighted by Crippen LogP contribution is 2.28. The van der Waals surface area contributed by atoms with Crippen LogP contribution in [0.15, 0.2) is 42.6 Å². The zero-order chi connectivity index (χ0) is 23.5. The van der Waals surface area contributed by atoms with E-state index in [2.05, 4.69) is 20.4 Å². The van der Waals surface area contributed by atoms with Crippen molar-refractivity contribution in [1.82, 2.24) is 20.5 Å². The van der Waals surface area contributed by atoms with Gasteiger partial charge in [-0.25, -0.2) is 14.2 Å². The van der Waals surface area contributed by atoms with Crippen LogP contribution >= 0.6 is 0 Å². The molecule has 2 heterocycles. The fourth-order valence-corrected chi connectivity index (χ4v) is 3.01. The van der Waals surface area contributed by atoms with Crippen molar-refractivity contribution in [1.29, 1.82) is 0 Å². The van der Waals surface area contributed by atoms with Crippen LogP contribution in [-0.4, -0.2) is 47.1 Å². The summed E-state index contributed by atoms with van der Waals surface area (Å²) in [4.78, 5) is 41.7. The summed E-state index contributed by atoms with van der Waals surface area (Å²) in [6, 6.07) is 6.92. The number of urea groups is 1. The van der Waals surface area contributed by atoms with Gasteiger partial charge in [0.1, 0.15) is 17.9 Å². The van der Waals surface area contributed by atoms with Crippen LogP contribution in [0, 0.1) is 5.82 Å². The van der Waals surface area contributed by atoms with Crippen LogP contribution in [0.25, 0.3) is 0 Å².